The normalized spacial score (nSPS) is 11.4. The number of hydrogen-bond donors (Lipinski definition) is 0. The summed E-state index contributed by atoms with van der Waals surface area (Å²) in [4.78, 5) is 3.61. The quantitative estimate of drug-likeness (QED) is 0.811. The summed E-state index contributed by atoms with van der Waals surface area (Å²) in [6, 6.07) is 3.14. The average Bonchev–Trinajstić information content (AvgIpc) is 2.01. The maximum Gasteiger partial charge on any atom is 0.422 e. The van der Waals surface area contributed by atoms with E-state index < -0.39 is 12.8 Å². The highest BCUT2D eigenvalue weighted by molar-refractivity contribution is 9.10. The van der Waals surface area contributed by atoms with Crippen LogP contribution in [0.2, 0.25) is 0 Å². The number of aromatic nitrogens is 1. The number of ether oxygens (including phenoxy) is 1. The van der Waals surface area contributed by atoms with Gasteiger partial charge in [-0.15, -0.1) is 0 Å². The van der Waals surface area contributed by atoms with Gasteiger partial charge in [-0.25, -0.2) is 4.98 Å². The molecule has 0 aromatic carbocycles. The lowest BCUT2D eigenvalue weighted by atomic mass is 10.5. The molecular formula is C7H5BrF3NO. The predicted octanol–water partition coefficient (Wildman–Crippen LogP) is 2.79. The summed E-state index contributed by atoms with van der Waals surface area (Å²) >= 11 is 3.01. The van der Waals surface area contributed by atoms with E-state index in [2.05, 4.69) is 25.7 Å². The molecule has 1 aromatic rings. The molecule has 0 aliphatic carbocycles. The van der Waals surface area contributed by atoms with Crippen LogP contribution in [0.3, 0.4) is 0 Å². The molecule has 0 spiro atoms. The minimum Gasteiger partial charge on any atom is -0.467 e. The predicted molar refractivity (Wildman–Crippen MR) is 43.5 cm³/mol. The standard InChI is InChI=1S/C7H5BrF3NO/c8-5-2-1-3-12-6(5)13-4-7(9,10)11/h1-3H,4H2. The topological polar surface area (TPSA) is 22.1 Å². The first kappa shape index (κ1) is 10.3. The Morgan fingerprint density at radius 2 is 2.15 bits per heavy atom. The van der Waals surface area contributed by atoms with E-state index in [4.69, 9.17) is 0 Å². The van der Waals surface area contributed by atoms with Crippen molar-refractivity contribution in [2.45, 2.75) is 6.18 Å². The zero-order chi connectivity index (χ0) is 9.90. The zero-order valence-electron chi connectivity index (χ0n) is 6.31. The van der Waals surface area contributed by atoms with Gasteiger partial charge in [-0.1, -0.05) is 0 Å². The third kappa shape index (κ3) is 3.63. The Balaban J connectivity index is 2.60. The summed E-state index contributed by atoms with van der Waals surface area (Å²) in [6.07, 6.45) is -2.98. The third-order valence-corrected chi connectivity index (χ3v) is 1.70. The van der Waals surface area contributed by atoms with E-state index in [-0.39, 0.29) is 5.88 Å². The molecule has 2 nitrogen and oxygen atoms in total. The summed E-state index contributed by atoms with van der Waals surface area (Å²) in [6.45, 7) is -1.33. The van der Waals surface area contributed by atoms with E-state index in [0.717, 1.165) is 0 Å². The van der Waals surface area contributed by atoms with Gasteiger partial charge in [-0.2, -0.15) is 13.2 Å². The second-order valence-electron chi connectivity index (χ2n) is 2.19. The maximum atomic E-state index is 11.7. The van der Waals surface area contributed by atoms with Gasteiger partial charge in [0.15, 0.2) is 6.61 Å². The van der Waals surface area contributed by atoms with Gasteiger partial charge in [0.1, 0.15) is 0 Å². The first-order chi connectivity index (χ1) is 5.99. The van der Waals surface area contributed by atoms with E-state index in [1.54, 1.807) is 12.1 Å². The van der Waals surface area contributed by atoms with Gasteiger partial charge in [-0.05, 0) is 28.1 Å². The molecular weight excluding hydrogens is 251 g/mol. The van der Waals surface area contributed by atoms with Crippen molar-refractivity contribution in [1.82, 2.24) is 4.98 Å². The Bertz CT molecular complexity index is 289. The van der Waals surface area contributed by atoms with E-state index >= 15 is 0 Å². The molecule has 0 bridgehead atoms. The van der Waals surface area contributed by atoms with E-state index in [1.165, 1.54) is 6.20 Å². The van der Waals surface area contributed by atoms with Crippen molar-refractivity contribution in [3.05, 3.63) is 22.8 Å². The summed E-state index contributed by atoms with van der Waals surface area (Å²) in [5.41, 5.74) is 0. The first-order valence-corrected chi connectivity index (χ1v) is 4.08. The molecule has 0 N–H and O–H groups in total. The van der Waals surface area contributed by atoms with Crippen molar-refractivity contribution in [2.24, 2.45) is 0 Å². The number of halogens is 4. The molecule has 0 atom stereocenters. The van der Waals surface area contributed by atoms with Crippen LogP contribution in [0.1, 0.15) is 0 Å². The molecule has 6 heteroatoms. The molecule has 0 unspecified atom stereocenters. The molecule has 1 aromatic heterocycles. The van der Waals surface area contributed by atoms with Crippen molar-refractivity contribution >= 4 is 15.9 Å². The van der Waals surface area contributed by atoms with E-state index in [9.17, 15) is 13.2 Å². The molecule has 0 amide bonds. The Morgan fingerprint density at radius 1 is 1.46 bits per heavy atom. The Labute approximate surface area is 80.9 Å². The summed E-state index contributed by atoms with van der Waals surface area (Å²) in [5.74, 6) is -0.0557. The molecule has 72 valence electrons. The van der Waals surface area contributed by atoms with E-state index in [0.29, 0.717) is 4.47 Å². The highest BCUT2D eigenvalue weighted by Crippen LogP contribution is 2.23. The van der Waals surface area contributed by atoms with Crippen LogP contribution in [-0.2, 0) is 0 Å². The van der Waals surface area contributed by atoms with Gasteiger partial charge < -0.3 is 4.74 Å². The number of rotatable bonds is 2. The molecule has 1 rings (SSSR count). The highest BCUT2D eigenvalue weighted by Gasteiger charge is 2.28. The fourth-order valence-electron chi connectivity index (χ4n) is 0.628. The molecule has 0 radical (unpaired) electrons. The van der Waals surface area contributed by atoms with E-state index in [1.807, 2.05) is 0 Å². The monoisotopic (exact) mass is 255 g/mol. The summed E-state index contributed by atoms with van der Waals surface area (Å²) in [5, 5.41) is 0. The smallest absolute Gasteiger partial charge is 0.422 e. The van der Waals surface area contributed by atoms with Crippen LogP contribution in [-0.4, -0.2) is 17.8 Å². The van der Waals surface area contributed by atoms with Crippen molar-refractivity contribution in [3.63, 3.8) is 0 Å². The van der Waals surface area contributed by atoms with Crippen LogP contribution in [0.15, 0.2) is 22.8 Å². The lowest BCUT2D eigenvalue weighted by Crippen LogP contribution is -2.19. The SMILES string of the molecule is FC(F)(F)COc1ncccc1Br. The van der Waals surface area contributed by atoms with Gasteiger partial charge in [-0.3, -0.25) is 0 Å². The van der Waals surface area contributed by atoms with Crippen LogP contribution in [0, 0.1) is 0 Å². The number of hydrogen-bond acceptors (Lipinski definition) is 2. The lowest BCUT2D eigenvalue weighted by molar-refractivity contribution is -0.154. The average molecular weight is 256 g/mol. The van der Waals surface area contributed by atoms with Crippen molar-refractivity contribution in [3.8, 4) is 5.88 Å². The fraction of sp³-hybridized carbons (Fsp3) is 0.286. The molecule has 0 saturated carbocycles. The summed E-state index contributed by atoms with van der Waals surface area (Å²) in [7, 11) is 0. The highest BCUT2D eigenvalue weighted by atomic mass is 79.9. The Morgan fingerprint density at radius 3 is 2.69 bits per heavy atom. The van der Waals surface area contributed by atoms with Crippen molar-refractivity contribution in [1.29, 1.82) is 0 Å². The van der Waals surface area contributed by atoms with Gasteiger partial charge in [0.2, 0.25) is 5.88 Å². The molecule has 0 aliphatic heterocycles. The maximum absolute atomic E-state index is 11.7. The Kier molecular flexibility index (Phi) is 3.13. The number of pyridine rings is 1. The molecule has 13 heavy (non-hydrogen) atoms. The minimum atomic E-state index is -4.34. The van der Waals surface area contributed by atoms with Gasteiger partial charge in [0.05, 0.1) is 4.47 Å². The zero-order valence-corrected chi connectivity index (χ0v) is 7.89. The molecule has 0 fully saturated rings. The van der Waals surface area contributed by atoms with Crippen LogP contribution < -0.4 is 4.74 Å². The van der Waals surface area contributed by atoms with Crippen LogP contribution in [0.25, 0.3) is 0 Å². The third-order valence-electron chi connectivity index (χ3n) is 1.10. The van der Waals surface area contributed by atoms with Crippen molar-refractivity contribution in [2.75, 3.05) is 6.61 Å². The molecule has 0 aliphatic rings. The summed E-state index contributed by atoms with van der Waals surface area (Å²) < 4.78 is 39.9. The van der Waals surface area contributed by atoms with Crippen LogP contribution in [0.4, 0.5) is 13.2 Å². The molecule has 0 saturated heterocycles. The fourth-order valence-corrected chi connectivity index (χ4v) is 0.997. The van der Waals surface area contributed by atoms with Crippen LogP contribution >= 0.6 is 15.9 Å². The number of alkyl halides is 3. The largest absolute Gasteiger partial charge is 0.467 e. The number of nitrogens with zero attached hydrogens (tertiary/aromatic N) is 1. The van der Waals surface area contributed by atoms with Gasteiger partial charge in [0, 0.05) is 6.20 Å². The van der Waals surface area contributed by atoms with Gasteiger partial charge >= 0.3 is 6.18 Å². The molecule has 1 heterocycles. The minimum absolute atomic E-state index is 0.0557. The van der Waals surface area contributed by atoms with Gasteiger partial charge in [0.25, 0.3) is 0 Å². The first-order valence-electron chi connectivity index (χ1n) is 3.29. The van der Waals surface area contributed by atoms with Crippen molar-refractivity contribution < 1.29 is 17.9 Å². The lowest BCUT2D eigenvalue weighted by Gasteiger charge is -2.08. The second kappa shape index (κ2) is 3.95. The van der Waals surface area contributed by atoms with Crippen LogP contribution in [0.5, 0.6) is 5.88 Å². The second-order valence-corrected chi connectivity index (χ2v) is 3.05. The Hall–Kier alpha value is -0.780.